The molecule has 0 radical (unpaired) electrons. The number of halogens is 3. The number of sulfonamides is 1. The molecule has 0 saturated carbocycles. The topological polar surface area (TPSA) is 153 Å². The number of hydroxylamine groups is 1. The molecule has 230 valence electrons. The van der Waals surface area contributed by atoms with Gasteiger partial charge >= 0.3 is 0 Å². The molecule has 0 aliphatic carbocycles. The zero-order valence-electron chi connectivity index (χ0n) is 23.8. The SMILES string of the molecule is COc1cc(C(=O)NOCC(C)C)c(F)cc1Nc1ncc2cc(C(F)F)n(Cc3nccnc3N(C)S(C)(=O)=O)c2n1. The fourth-order valence-corrected chi connectivity index (χ4v) is 4.42. The molecule has 3 aromatic heterocycles. The molecule has 0 unspecified atom stereocenters. The number of amides is 1. The summed E-state index contributed by atoms with van der Waals surface area (Å²) in [5, 5.41) is 3.05. The van der Waals surface area contributed by atoms with Crippen molar-refractivity contribution in [3.8, 4) is 5.75 Å². The summed E-state index contributed by atoms with van der Waals surface area (Å²) in [7, 11) is -1.15. The Morgan fingerprint density at radius 1 is 1.14 bits per heavy atom. The van der Waals surface area contributed by atoms with Crippen LogP contribution in [0.1, 0.15) is 42.0 Å². The maximum absolute atomic E-state index is 14.9. The molecule has 3 heterocycles. The monoisotopic (exact) mass is 622 g/mol. The van der Waals surface area contributed by atoms with Crippen LogP contribution in [0, 0.1) is 11.7 Å². The van der Waals surface area contributed by atoms with Crippen LogP contribution < -0.4 is 19.8 Å². The second-order valence-corrected chi connectivity index (χ2v) is 11.8. The van der Waals surface area contributed by atoms with Crippen molar-refractivity contribution in [2.75, 3.05) is 36.6 Å². The zero-order chi connectivity index (χ0) is 31.5. The van der Waals surface area contributed by atoms with Crippen molar-refractivity contribution in [1.29, 1.82) is 0 Å². The molecule has 43 heavy (non-hydrogen) atoms. The van der Waals surface area contributed by atoms with Crippen LogP contribution in [-0.2, 0) is 21.4 Å². The zero-order valence-corrected chi connectivity index (χ0v) is 24.6. The van der Waals surface area contributed by atoms with Gasteiger partial charge in [0.05, 0.1) is 43.5 Å². The molecule has 0 spiro atoms. The summed E-state index contributed by atoms with van der Waals surface area (Å²) in [4.78, 5) is 34.2. The lowest BCUT2D eigenvalue weighted by Gasteiger charge is -2.19. The number of methoxy groups -OCH3 is 1. The van der Waals surface area contributed by atoms with E-state index in [1.165, 1.54) is 43.4 Å². The number of hydrogen-bond acceptors (Lipinski definition) is 10. The molecule has 0 bridgehead atoms. The Morgan fingerprint density at radius 2 is 1.86 bits per heavy atom. The van der Waals surface area contributed by atoms with Gasteiger partial charge in [-0.2, -0.15) is 4.98 Å². The van der Waals surface area contributed by atoms with Crippen LogP contribution in [-0.4, -0.2) is 65.8 Å². The summed E-state index contributed by atoms with van der Waals surface area (Å²) in [6, 6.07) is 3.37. The van der Waals surface area contributed by atoms with Crippen LogP contribution in [0.15, 0.2) is 36.8 Å². The summed E-state index contributed by atoms with van der Waals surface area (Å²) >= 11 is 0. The van der Waals surface area contributed by atoms with E-state index in [1.54, 1.807) is 0 Å². The summed E-state index contributed by atoms with van der Waals surface area (Å²) in [5.41, 5.74) is 1.63. The lowest BCUT2D eigenvalue weighted by atomic mass is 10.1. The Hall–Kier alpha value is -4.51. The number of ether oxygens (including phenoxy) is 1. The van der Waals surface area contributed by atoms with Crippen molar-refractivity contribution in [3.05, 3.63) is 59.6 Å². The average molecular weight is 623 g/mol. The van der Waals surface area contributed by atoms with Crippen LogP contribution in [0.5, 0.6) is 5.75 Å². The number of carbonyl (C=O) groups is 1. The molecule has 1 aromatic carbocycles. The van der Waals surface area contributed by atoms with E-state index in [9.17, 15) is 26.4 Å². The summed E-state index contributed by atoms with van der Waals surface area (Å²) in [6.45, 7) is 3.69. The molecular formula is C26H29F3N8O5S. The van der Waals surface area contributed by atoms with E-state index < -0.39 is 33.9 Å². The minimum atomic E-state index is -3.73. The number of hydrogen-bond donors (Lipinski definition) is 2. The lowest BCUT2D eigenvalue weighted by molar-refractivity contribution is 0.0205. The predicted octanol–water partition coefficient (Wildman–Crippen LogP) is 3.81. The fraction of sp³-hybridized carbons (Fsp3) is 0.346. The highest BCUT2D eigenvalue weighted by Gasteiger charge is 2.24. The number of nitrogens with zero attached hydrogens (tertiary/aromatic N) is 6. The van der Waals surface area contributed by atoms with Gasteiger partial charge in [-0.05, 0) is 18.1 Å². The standard InChI is InChI=1S/C26H29F3N8O5S/c1-14(2)13-42-35-25(38)16-9-21(41-4)18(10-17(16)27)33-26-32-11-15-8-20(22(28)29)37(23(15)34-26)12-19-24(31-7-6-30-19)36(3)43(5,39)40/h6-11,14,22H,12-13H2,1-5H3,(H,35,38)(H,32,33,34). The van der Waals surface area contributed by atoms with E-state index in [2.05, 4.69) is 30.7 Å². The highest BCUT2D eigenvalue weighted by atomic mass is 32.2. The summed E-state index contributed by atoms with van der Waals surface area (Å²) < 4.78 is 74.8. The van der Waals surface area contributed by atoms with Gasteiger partial charge in [0.2, 0.25) is 16.0 Å². The normalized spacial score (nSPS) is 11.8. The number of fused-ring (bicyclic) bond motifs is 1. The molecule has 17 heteroatoms. The number of aromatic nitrogens is 5. The van der Waals surface area contributed by atoms with Crippen LogP contribution in [0.3, 0.4) is 0 Å². The van der Waals surface area contributed by atoms with Crippen molar-refractivity contribution in [1.82, 2.24) is 30.0 Å². The van der Waals surface area contributed by atoms with Crippen LogP contribution >= 0.6 is 0 Å². The lowest BCUT2D eigenvalue weighted by Crippen LogP contribution is -2.27. The van der Waals surface area contributed by atoms with E-state index >= 15 is 0 Å². The summed E-state index contributed by atoms with van der Waals surface area (Å²) in [5.74, 6) is -1.66. The number of carbonyl (C=O) groups excluding carboxylic acids is 1. The van der Waals surface area contributed by atoms with Gasteiger partial charge in [0.25, 0.3) is 12.3 Å². The Kier molecular flexibility index (Phi) is 9.34. The molecule has 4 rings (SSSR count). The van der Waals surface area contributed by atoms with Crippen LogP contribution in [0.25, 0.3) is 11.0 Å². The second-order valence-electron chi connectivity index (χ2n) is 9.78. The van der Waals surface area contributed by atoms with Crippen LogP contribution in [0.2, 0.25) is 0 Å². The molecule has 0 aliphatic rings. The molecule has 4 aromatic rings. The molecular weight excluding hydrogens is 593 g/mol. The van der Waals surface area contributed by atoms with Crippen molar-refractivity contribution in [2.24, 2.45) is 5.92 Å². The van der Waals surface area contributed by atoms with E-state index in [0.29, 0.717) is 0 Å². The number of benzene rings is 1. The van der Waals surface area contributed by atoms with Gasteiger partial charge < -0.3 is 14.6 Å². The third kappa shape index (κ3) is 7.11. The minimum absolute atomic E-state index is 0.0431. The van der Waals surface area contributed by atoms with Crippen LogP contribution in [0.4, 0.5) is 30.6 Å². The first kappa shape index (κ1) is 31.4. The van der Waals surface area contributed by atoms with Gasteiger partial charge in [-0.15, -0.1) is 0 Å². The van der Waals surface area contributed by atoms with Crippen molar-refractivity contribution < 1.29 is 36.0 Å². The van der Waals surface area contributed by atoms with Gasteiger partial charge in [0.15, 0.2) is 5.82 Å². The molecule has 0 aliphatic heterocycles. The first-order chi connectivity index (χ1) is 20.3. The number of anilines is 3. The van der Waals surface area contributed by atoms with E-state index in [0.717, 1.165) is 22.7 Å². The van der Waals surface area contributed by atoms with Gasteiger partial charge in [-0.25, -0.2) is 37.0 Å². The average Bonchev–Trinajstić information content (AvgIpc) is 3.30. The number of rotatable bonds is 12. The Labute approximate surface area is 245 Å². The highest BCUT2D eigenvalue weighted by molar-refractivity contribution is 7.92. The maximum Gasteiger partial charge on any atom is 0.278 e. The number of nitrogens with one attached hydrogen (secondary N) is 2. The summed E-state index contributed by atoms with van der Waals surface area (Å²) in [6.07, 6.45) is 1.95. The van der Waals surface area contributed by atoms with Gasteiger partial charge in [0, 0.05) is 37.1 Å². The third-order valence-corrected chi connectivity index (χ3v) is 7.28. The van der Waals surface area contributed by atoms with Gasteiger partial charge in [-0.1, -0.05) is 13.8 Å². The molecule has 1 amide bonds. The smallest absolute Gasteiger partial charge is 0.278 e. The van der Waals surface area contributed by atoms with E-state index in [-0.39, 0.29) is 64.6 Å². The quantitative estimate of drug-likeness (QED) is 0.223. The van der Waals surface area contributed by atoms with Gasteiger partial charge in [-0.3, -0.25) is 18.9 Å². The maximum atomic E-state index is 14.9. The first-order valence-corrected chi connectivity index (χ1v) is 14.6. The molecule has 13 nitrogen and oxygen atoms in total. The molecule has 0 saturated heterocycles. The predicted molar refractivity (Wildman–Crippen MR) is 151 cm³/mol. The van der Waals surface area contributed by atoms with E-state index in [1.807, 2.05) is 13.8 Å². The Balaban J connectivity index is 1.70. The van der Waals surface area contributed by atoms with E-state index in [4.69, 9.17) is 9.57 Å². The van der Waals surface area contributed by atoms with Gasteiger partial charge in [0.1, 0.15) is 22.9 Å². The van der Waals surface area contributed by atoms with Crippen molar-refractivity contribution in [3.63, 3.8) is 0 Å². The third-order valence-electron chi connectivity index (χ3n) is 6.11. The Morgan fingerprint density at radius 3 is 2.51 bits per heavy atom. The molecule has 0 fully saturated rings. The number of alkyl halides is 2. The Bertz CT molecular complexity index is 1750. The minimum Gasteiger partial charge on any atom is -0.495 e. The molecule has 0 atom stereocenters. The fourth-order valence-electron chi connectivity index (χ4n) is 3.95. The molecule has 2 N–H and O–H groups in total. The second kappa shape index (κ2) is 12.8. The van der Waals surface area contributed by atoms with Crippen molar-refractivity contribution >= 4 is 44.4 Å². The first-order valence-electron chi connectivity index (χ1n) is 12.7. The van der Waals surface area contributed by atoms with Crippen molar-refractivity contribution in [2.45, 2.75) is 26.8 Å². The highest BCUT2D eigenvalue weighted by Crippen LogP contribution is 2.32. The largest absolute Gasteiger partial charge is 0.495 e.